The summed E-state index contributed by atoms with van der Waals surface area (Å²) in [7, 11) is 0. The molecule has 100 valence electrons. The van der Waals surface area contributed by atoms with Gasteiger partial charge in [-0.1, -0.05) is 17.7 Å². The second kappa shape index (κ2) is 6.51. The number of nitriles is 1. The van der Waals surface area contributed by atoms with Crippen LogP contribution in [0.3, 0.4) is 0 Å². The van der Waals surface area contributed by atoms with E-state index in [-0.39, 0.29) is 0 Å². The van der Waals surface area contributed by atoms with Gasteiger partial charge in [0, 0.05) is 32.2 Å². The van der Waals surface area contributed by atoms with Crippen molar-refractivity contribution in [3.63, 3.8) is 0 Å². The van der Waals surface area contributed by atoms with E-state index in [4.69, 9.17) is 5.26 Å². The molecular formula is C16H21N3. The quantitative estimate of drug-likeness (QED) is 0.840. The second-order valence-corrected chi connectivity index (χ2v) is 5.20. The Balaban J connectivity index is 2.20. The average molecular weight is 255 g/mol. The molecule has 1 aromatic carbocycles. The van der Waals surface area contributed by atoms with Crippen molar-refractivity contribution in [2.24, 2.45) is 0 Å². The van der Waals surface area contributed by atoms with E-state index in [1.54, 1.807) is 0 Å². The van der Waals surface area contributed by atoms with Gasteiger partial charge in [0.05, 0.1) is 11.6 Å². The van der Waals surface area contributed by atoms with Gasteiger partial charge < -0.3 is 5.32 Å². The molecule has 3 heteroatoms. The Morgan fingerprint density at radius 2 is 2.00 bits per heavy atom. The Labute approximate surface area is 115 Å². The second-order valence-electron chi connectivity index (χ2n) is 5.20. The molecule has 0 aliphatic carbocycles. The minimum absolute atomic E-state index is 0.382. The first-order valence-corrected chi connectivity index (χ1v) is 6.80. The Bertz CT molecular complexity index is 464. The zero-order valence-electron chi connectivity index (χ0n) is 11.5. The molecule has 1 heterocycles. The summed E-state index contributed by atoms with van der Waals surface area (Å²) >= 11 is 0. The van der Waals surface area contributed by atoms with Gasteiger partial charge in [-0.05, 0) is 31.0 Å². The largest absolute Gasteiger partial charge is 0.314 e. The summed E-state index contributed by atoms with van der Waals surface area (Å²) < 4.78 is 0. The normalized spacial score (nSPS) is 17.7. The number of benzene rings is 1. The Morgan fingerprint density at radius 3 is 2.53 bits per heavy atom. The van der Waals surface area contributed by atoms with Gasteiger partial charge in [0.15, 0.2) is 0 Å². The maximum absolute atomic E-state index is 8.88. The van der Waals surface area contributed by atoms with Crippen molar-refractivity contribution in [2.45, 2.75) is 19.4 Å². The number of hydrogen-bond acceptors (Lipinski definition) is 3. The monoisotopic (exact) mass is 255 g/mol. The smallest absolute Gasteiger partial charge is 0.0991 e. The standard InChI is InChI=1S/C16H21N3/c1-13(2)11-16(19-9-7-18-8-10-19)15-5-3-14(12-17)4-6-15/h3-6,16,18H,1,7-11H2,2H3/t16-/m0/s1. The zero-order valence-corrected chi connectivity index (χ0v) is 11.5. The van der Waals surface area contributed by atoms with E-state index in [1.807, 2.05) is 12.1 Å². The molecule has 1 aliphatic heterocycles. The van der Waals surface area contributed by atoms with Gasteiger partial charge in [0.25, 0.3) is 0 Å². The highest BCUT2D eigenvalue weighted by molar-refractivity contribution is 5.33. The number of rotatable bonds is 4. The lowest BCUT2D eigenvalue weighted by Crippen LogP contribution is -2.45. The van der Waals surface area contributed by atoms with Crippen LogP contribution in [-0.2, 0) is 0 Å². The summed E-state index contributed by atoms with van der Waals surface area (Å²) in [4.78, 5) is 2.51. The molecule has 0 saturated carbocycles. The third-order valence-electron chi connectivity index (χ3n) is 3.56. The molecule has 0 radical (unpaired) electrons. The van der Waals surface area contributed by atoms with Gasteiger partial charge in [-0.2, -0.15) is 5.26 Å². The Hall–Kier alpha value is -1.63. The summed E-state index contributed by atoms with van der Waals surface area (Å²) in [6.07, 6.45) is 0.978. The molecule has 1 atom stereocenters. The van der Waals surface area contributed by atoms with Crippen molar-refractivity contribution in [1.29, 1.82) is 5.26 Å². The van der Waals surface area contributed by atoms with E-state index in [9.17, 15) is 0 Å². The van der Waals surface area contributed by atoms with Crippen LogP contribution >= 0.6 is 0 Å². The van der Waals surface area contributed by atoms with E-state index in [1.165, 1.54) is 11.1 Å². The zero-order chi connectivity index (χ0) is 13.7. The van der Waals surface area contributed by atoms with Gasteiger partial charge in [-0.3, -0.25) is 4.90 Å². The van der Waals surface area contributed by atoms with Crippen LogP contribution in [0.4, 0.5) is 0 Å². The van der Waals surface area contributed by atoms with Crippen LogP contribution < -0.4 is 5.32 Å². The topological polar surface area (TPSA) is 39.1 Å². The predicted octanol–water partition coefficient (Wildman–Crippen LogP) is 2.47. The molecular weight excluding hydrogens is 234 g/mol. The average Bonchev–Trinajstić information content (AvgIpc) is 2.46. The fraction of sp³-hybridized carbons (Fsp3) is 0.438. The fourth-order valence-corrected chi connectivity index (χ4v) is 2.56. The van der Waals surface area contributed by atoms with Crippen molar-refractivity contribution in [1.82, 2.24) is 10.2 Å². The predicted molar refractivity (Wildman–Crippen MR) is 77.8 cm³/mol. The van der Waals surface area contributed by atoms with Crippen LogP contribution in [0.25, 0.3) is 0 Å². The fourth-order valence-electron chi connectivity index (χ4n) is 2.56. The third-order valence-corrected chi connectivity index (χ3v) is 3.56. The van der Waals surface area contributed by atoms with Gasteiger partial charge in [-0.25, -0.2) is 0 Å². The molecule has 1 aliphatic rings. The minimum atomic E-state index is 0.382. The molecule has 0 aromatic heterocycles. The molecule has 0 unspecified atom stereocenters. The van der Waals surface area contributed by atoms with E-state index >= 15 is 0 Å². The van der Waals surface area contributed by atoms with Crippen LogP contribution in [0.15, 0.2) is 36.4 Å². The minimum Gasteiger partial charge on any atom is -0.314 e. The molecule has 0 spiro atoms. The first-order chi connectivity index (χ1) is 9.20. The lowest BCUT2D eigenvalue weighted by molar-refractivity contribution is 0.172. The van der Waals surface area contributed by atoms with Crippen LogP contribution in [0.2, 0.25) is 0 Å². The lowest BCUT2D eigenvalue weighted by atomic mass is 9.97. The lowest BCUT2D eigenvalue weighted by Gasteiger charge is -2.35. The van der Waals surface area contributed by atoms with E-state index < -0.39 is 0 Å². The van der Waals surface area contributed by atoms with Gasteiger partial charge >= 0.3 is 0 Å². The number of piperazine rings is 1. The summed E-state index contributed by atoms with van der Waals surface area (Å²) in [6.45, 7) is 10.4. The van der Waals surface area contributed by atoms with Gasteiger partial charge in [0.1, 0.15) is 0 Å². The number of hydrogen-bond donors (Lipinski definition) is 1. The summed E-state index contributed by atoms with van der Waals surface area (Å²) in [5, 5.41) is 12.3. The molecule has 0 bridgehead atoms. The SMILES string of the molecule is C=C(C)C[C@@H](c1ccc(C#N)cc1)N1CCNCC1. The molecule has 1 fully saturated rings. The van der Waals surface area contributed by atoms with Crippen molar-refractivity contribution in [2.75, 3.05) is 26.2 Å². The Kier molecular flexibility index (Phi) is 4.73. The van der Waals surface area contributed by atoms with Crippen molar-refractivity contribution >= 4 is 0 Å². The van der Waals surface area contributed by atoms with Crippen LogP contribution in [0.5, 0.6) is 0 Å². The molecule has 1 aromatic rings. The molecule has 2 rings (SSSR count). The van der Waals surface area contributed by atoms with E-state index in [0.717, 1.165) is 38.2 Å². The van der Waals surface area contributed by atoms with Crippen molar-refractivity contribution in [3.8, 4) is 6.07 Å². The molecule has 19 heavy (non-hydrogen) atoms. The van der Waals surface area contributed by atoms with Crippen LogP contribution in [-0.4, -0.2) is 31.1 Å². The highest BCUT2D eigenvalue weighted by Gasteiger charge is 2.21. The van der Waals surface area contributed by atoms with Gasteiger partial charge in [-0.15, -0.1) is 6.58 Å². The Morgan fingerprint density at radius 1 is 1.37 bits per heavy atom. The van der Waals surface area contributed by atoms with Gasteiger partial charge in [0.2, 0.25) is 0 Å². The first kappa shape index (κ1) is 13.8. The third kappa shape index (κ3) is 3.66. The van der Waals surface area contributed by atoms with Crippen molar-refractivity contribution < 1.29 is 0 Å². The highest BCUT2D eigenvalue weighted by atomic mass is 15.2. The van der Waals surface area contributed by atoms with E-state index in [2.05, 4.69) is 41.9 Å². The van der Waals surface area contributed by atoms with Crippen LogP contribution in [0.1, 0.15) is 30.5 Å². The first-order valence-electron chi connectivity index (χ1n) is 6.80. The maximum atomic E-state index is 8.88. The molecule has 3 nitrogen and oxygen atoms in total. The maximum Gasteiger partial charge on any atom is 0.0991 e. The summed E-state index contributed by atoms with van der Waals surface area (Å²) in [6, 6.07) is 10.5. The number of nitrogens with zero attached hydrogens (tertiary/aromatic N) is 2. The van der Waals surface area contributed by atoms with E-state index in [0.29, 0.717) is 6.04 Å². The molecule has 1 saturated heterocycles. The summed E-state index contributed by atoms with van der Waals surface area (Å²) in [5.41, 5.74) is 3.20. The summed E-state index contributed by atoms with van der Waals surface area (Å²) in [5.74, 6) is 0. The van der Waals surface area contributed by atoms with Crippen LogP contribution in [0, 0.1) is 11.3 Å². The molecule has 1 N–H and O–H groups in total. The number of nitrogens with one attached hydrogen (secondary N) is 1. The molecule has 0 amide bonds. The van der Waals surface area contributed by atoms with Crippen molar-refractivity contribution in [3.05, 3.63) is 47.5 Å². The highest BCUT2D eigenvalue weighted by Crippen LogP contribution is 2.27.